The zero-order valence-electron chi connectivity index (χ0n) is 10.7. The summed E-state index contributed by atoms with van der Waals surface area (Å²) in [7, 11) is 1.85. The van der Waals surface area contributed by atoms with Crippen molar-refractivity contribution < 1.29 is 5.11 Å². The van der Waals surface area contributed by atoms with Gasteiger partial charge in [0.1, 0.15) is 0 Å². The molecule has 5 heteroatoms. The lowest BCUT2D eigenvalue weighted by atomic mass is 9.79. The van der Waals surface area contributed by atoms with Crippen molar-refractivity contribution in [1.29, 1.82) is 0 Å². The van der Waals surface area contributed by atoms with Gasteiger partial charge in [0.25, 0.3) is 0 Å². The molecule has 1 aliphatic rings. The van der Waals surface area contributed by atoms with E-state index < -0.39 is 5.60 Å². The number of aliphatic hydroxyl groups is 1. The maximum atomic E-state index is 10.5. The molecule has 1 aromatic heterocycles. The average molecular weight is 238 g/mol. The van der Waals surface area contributed by atoms with Gasteiger partial charge in [0.05, 0.1) is 11.3 Å². The maximum Gasteiger partial charge on any atom is 0.0855 e. The SMILES string of the molecule is CCNC1CCC(O)(Cc2cn(C)nn2)CC1. The number of rotatable bonds is 4. The molecule has 2 rings (SSSR count). The maximum absolute atomic E-state index is 10.5. The van der Waals surface area contributed by atoms with E-state index in [9.17, 15) is 5.11 Å². The quantitative estimate of drug-likeness (QED) is 0.808. The topological polar surface area (TPSA) is 63.0 Å². The third-order valence-electron chi connectivity index (χ3n) is 3.57. The van der Waals surface area contributed by atoms with E-state index in [4.69, 9.17) is 0 Å². The van der Waals surface area contributed by atoms with E-state index in [1.165, 1.54) is 0 Å². The van der Waals surface area contributed by atoms with Gasteiger partial charge in [-0.25, -0.2) is 0 Å². The fourth-order valence-corrected chi connectivity index (χ4v) is 2.64. The Bertz CT molecular complexity index is 355. The van der Waals surface area contributed by atoms with Gasteiger partial charge in [-0.15, -0.1) is 5.10 Å². The Balaban J connectivity index is 1.89. The Morgan fingerprint density at radius 1 is 1.53 bits per heavy atom. The number of hydrogen-bond donors (Lipinski definition) is 2. The molecule has 0 radical (unpaired) electrons. The van der Waals surface area contributed by atoms with E-state index in [-0.39, 0.29) is 0 Å². The Morgan fingerprint density at radius 2 is 2.24 bits per heavy atom. The van der Waals surface area contributed by atoms with Crippen LogP contribution >= 0.6 is 0 Å². The molecule has 1 heterocycles. The number of nitrogens with one attached hydrogen (secondary N) is 1. The van der Waals surface area contributed by atoms with Gasteiger partial charge in [-0.05, 0) is 32.2 Å². The van der Waals surface area contributed by atoms with E-state index in [1.807, 2.05) is 13.2 Å². The standard InChI is InChI=1S/C12H22N4O/c1-3-13-10-4-6-12(17,7-5-10)8-11-9-16(2)15-14-11/h9-10,13,17H,3-8H2,1-2H3. The Hall–Kier alpha value is -0.940. The van der Waals surface area contributed by atoms with Crippen LogP contribution in [0.25, 0.3) is 0 Å². The number of hydrogen-bond acceptors (Lipinski definition) is 4. The van der Waals surface area contributed by atoms with Crippen molar-refractivity contribution in [2.45, 2.75) is 50.7 Å². The zero-order chi connectivity index (χ0) is 12.3. The predicted octanol–water partition coefficient (Wildman–Crippen LogP) is 0.641. The highest BCUT2D eigenvalue weighted by molar-refractivity contribution is 5.01. The van der Waals surface area contributed by atoms with E-state index in [1.54, 1.807) is 4.68 Å². The molecule has 17 heavy (non-hydrogen) atoms. The summed E-state index contributed by atoms with van der Waals surface area (Å²) in [6.45, 7) is 3.13. The lowest BCUT2D eigenvalue weighted by Gasteiger charge is -2.35. The predicted molar refractivity (Wildman–Crippen MR) is 65.6 cm³/mol. The van der Waals surface area contributed by atoms with Crippen molar-refractivity contribution in [2.75, 3.05) is 6.54 Å². The first kappa shape index (κ1) is 12.5. The summed E-state index contributed by atoms with van der Waals surface area (Å²) in [5, 5.41) is 21.9. The molecule has 0 amide bonds. The molecule has 96 valence electrons. The highest BCUT2D eigenvalue weighted by Crippen LogP contribution is 2.30. The van der Waals surface area contributed by atoms with Crippen molar-refractivity contribution >= 4 is 0 Å². The van der Waals surface area contributed by atoms with Gasteiger partial charge in [0.15, 0.2) is 0 Å². The molecule has 1 aliphatic carbocycles. The molecule has 0 atom stereocenters. The van der Waals surface area contributed by atoms with Gasteiger partial charge >= 0.3 is 0 Å². The average Bonchev–Trinajstić information content (AvgIpc) is 2.68. The lowest BCUT2D eigenvalue weighted by Crippen LogP contribution is -2.42. The highest BCUT2D eigenvalue weighted by atomic mass is 16.3. The van der Waals surface area contributed by atoms with Crippen LogP contribution < -0.4 is 5.32 Å². The number of aryl methyl sites for hydroxylation is 1. The fraction of sp³-hybridized carbons (Fsp3) is 0.833. The normalized spacial score (nSPS) is 29.5. The van der Waals surface area contributed by atoms with Crippen LogP contribution in [0.5, 0.6) is 0 Å². The largest absolute Gasteiger partial charge is 0.389 e. The summed E-state index contributed by atoms with van der Waals surface area (Å²) in [5.74, 6) is 0. The molecule has 0 unspecified atom stereocenters. The second kappa shape index (κ2) is 5.14. The summed E-state index contributed by atoms with van der Waals surface area (Å²) in [4.78, 5) is 0. The molecule has 0 saturated heterocycles. The Kier molecular flexibility index (Phi) is 3.79. The first-order valence-electron chi connectivity index (χ1n) is 6.42. The molecule has 1 saturated carbocycles. The first-order chi connectivity index (χ1) is 8.11. The summed E-state index contributed by atoms with van der Waals surface area (Å²) < 4.78 is 1.68. The summed E-state index contributed by atoms with van der Waals surface area (Å²) in [6.07, 6.45) is 6.30. The van der Waals surface area contributed by atoms with Gasteiger partial charge < -0.3 is 10.4 Å². The molecule has 1 aromatic rings. The molecule has 1 fully saturated rings. The molecular formula is C12H22N4O. The van der Waals surface area contributed by atoms with Crippen molar-refractivity contribution in [3.63, 3.8) is 0 Å². The van der Waals surface area contributed by atoms with E-state index in [0.717, 1.165) is 37.9 Å². The van der Waals surface area contributed by atoms with Crippen LogP contribution in [0.1, 0.15) is 38.3 Å². The van der Waals surface area contributed by atoms with Crippen molar-refractivity contribution in [2.24, 2.45) is 7.05 Å². The van der Waals surface area contributed by atoms with E-state index in [2.05, 4.69) is 22.6 Å². The highest BCUT2D eigenvalue weighted by Gasteiger charge is 2.33. The summed E-state index contributed by atoms with van der Waals surface area (Å²) in [6, 6.07) is 0.571. The minimum Gasteiger partial charge on any atom is -0.389 e. The third kappa shape index (κ3) is 3.26. The second-order valence-electron chi connectivity index (χ2n) is 5.12. The Morgan fingerprint density at radius 3 is 2.76 bits per heavy atom. The van der Waals surface area contributed by atoms with Gasteiger partial charge in [-0.3, -0.25) is 4.68 Å². The van der Waals surface area contributed by atoms with E-state index >= 15 is 0 Å². The fourth-order valence-electron chi connectivity index (χ4n) is 2.64. The minimum atomic E-state index is -0.581. The molecule has 5 nitrogen and oxygen atoms in total. The first-order valence-corrected chi connectivity index (χ1v) is 6.42. The van der Waals surface area contributed by atoms with Gasteiger partial charge in [0.2, 0.25) is 0 Å². The van der Waals surface area contributed by atoms with Crippen molar-refractivity contribution in [3.8, 4) is 0 Å². The van der Waals surface area contributed by atoms with Gasteiger partial charge in [0, 0.05) is 25.7 Å². The van der Waals surface area contributed by atoms with Crippen LogP contribution in [0.15, 0.2) is 6.20 Å². The van der Waals surface area contributed by atoms with E-state index in [0.29, 0.717) is 12.5 Å². The van der Waals surface area contributed by atoms with Crippen LogP contribution in [0.2, 0.25) is 0 Å². The lowest BCUT2D eigenvalue weighted by molar-refractivity contribution is -0.00375. The molecule has 0 spiro atoms. The summed E-state index contributed by atoms with van der Waals surface area (Å²) in [5.41, 5.74) is 0.305. The van der Waals surface area contributed by atoms with Crippen molar-refractivity contribution in [1.82, 2.24) is 20.3 Å². The third-order valence-corrected chi connectivity index (χ3v) is 3.57. The monoisotopic (exact) mass is 238 g/mol. The van der Waals surface area contributed by atoms with Gasteiger partial charge in [-0.2, -0.15) is 0 Å². The second-order valence-corrected chi connectivity index (χ2v) is 5.12. The smallest absolute Gasteiger partial charge is 0.0855 e. The molecule has 0 bridgehead atoms. The molecule has 2 N–H and O–H groups in total. The van der Waals surface area contributed by atoms with Gasteiger partial charge in [-0.1, -0.05) is 12.1 Å². The molecular weight excluding hydrogens is 216 g/mol. The van der Waals surface area contributed by atoms with Crippen LogP contribution in [-0.4, -0.2) is 38.3 Å². The zero-order valence-corrected chi connectivity index (χ0v) is 10.7. The summed E-state index contributed by atoms with van der Waals surface area (Å²) >= 11 is 0. The number of aromatic nitrogens is 3. The molecule has 0 aromatic carbocycles. The minimum absolute atomic E-state index is 0.571. The Labute approximate surface area is 102 Å². The van der Waals surface area contributed by atoms with Crippen LogP contribution in [0.4, 0.5) is 0 Å². The molecule has 0 aliphatic heterocycles. The van der Waals surface area contributed by atoms with Crippen molar-refractivity contribution in [3.05, 3.63) is 11.9 Å². The van der Waals surface area contributed by atoms with Crippen LogP contribution in [-0.2, 0) is 13.5 Å². The van der Waals surface area contributed by atoms with Crippen LogP contribution in [0, 0.1) is 0 Å². The number of nitrogens with zero attached hydrogens (tertiary/aromatic N) is 3. The van der Waals surface area contributed by atoms with Crippen LogP contribution in [0.3, 0.4) is 0 Å².